The van der Waals surface area contributed by atoms with Crippen LogP contribution in [0.15, 0.2) is 71.1 Å². The molecule has 0 saturated carbocycles. The minimum absolute atomic E-state index is 0.961. The lowest BCUT2D eigenvalue weighted by Gasteiger charge is -2.14. The predicted molar refractivity (Wildman–Crippen MR) is 81.4 cm³/mol. The normalized spacial score (nSPS) is 12.6. The van der Waals surface area contributed by atoms with E-state index < -0.39 is 0 Å². The molecule has 1 heteroatoms. The molecule has 0 radical (unpaired) electrons. The summed E-state index contributed by atoms with van der Waals surface area (Å²) < 4.78 is 6.04. The van der Waals surface area contributed by atoms with Gasteiger partial charge in [0.05, 0.1) is 23.6 Å². The third kappa shape index (κ3) is 1.83. The number of hydrogen-bond donors (Lipinski definition) is 0. The van der Waals surface area contributed by atoms with Crippen molar-refractivity contribution in [1.29, 1.82) is 0 Å². The molecule has 0 fully saturated rings. The Kier molecular flexibility index (Phi) is 2.63. The van der Waals surface area contributed by atoms with Crippen LogP contribution in [-0.2, 0) is 12.8 Å². The summed E-state index contributed by atoms with van der Waals surface area (Å²) in [5.41, 5.74) is 5.10. The number of fused-ring (bicyclic) bond motifs is 1. The van der Waals surface area contributed by atoms with Gasteiger partial charge in [-0.2, -0.15) is 0 Å². The molecule has 0 amide bonds. The SMILES string of the molecule is c1ccc(-c2cc(-c3ccccc3)c3c([o+]2)CC3)cc1. The maximum absolute atomic E-state index is 6.04. The molecule has 20 heavy (non-hydrogen) atoms. The Bertz CT molecular complexity index is 745. The first-order chi connectivity index (χ1) is 9.92. The van der Waals surface area contributed by atoms with Crippen molar-refractivity contribution in [3.05, 3.63) is 78.1 Å². The fourth-order valence-electron chi connectivity index (χ4n) is 2.75. The monoisotopic (exact) mass is 259 g/mol. The summed E-state index contributed by atoms with van der Waals surface area (Å²) in [6.45, 7) is 0. The van der Waals surface area contributed by atoms with E-state index in [0.29, 0.717) is 0 Å². The number of benzene rings is 2. The van der Waals surface area contributed by atoms with Crippen LogP contribution in [0.1, 0.15) is 11.3 Å². The molecule has 1 nitrogen and oxygen atoms in total. The van der Waals surface area contributed by atoms with Crippen molar-refractivity contribution in [3.63, 3.8) is 0 Å². The highest BCUT2D eigenvalue weighted by molar-refractivity contribution is 5.74. The van der Waals surface area contributed by atoms with Crippen LogP contribution in [0.2, 0.25) is 0 Å². The molecule has 4 rings (SSSR count). The smallest absolute Gasteiger partial charge is 0.212 e. The highest BCUT2D eigenvalue weighted by atomic mass is 16.3. The Hall–Kier alpha value is -2.41. The Morgan fingerprint density at radius 1 is 0.700 bits per heavy atom. The Morgan fingerprint density at radius 2 is 1.35 bits per heavy atom. The highest BCUT2D eigenvalue weighted by Gasteiger charge is 2.32. The average Bonchev–Trinajstić information content (AvgIpc) is 2.50. The van der Waals surface area contributed by atoms with Crippen molar-refractivity contribution in [2.24, 2.45) is 0 Å². The second kappa shape index (κ2) is 4.61. The molecule has 0 saturated heterocycles. The molecule has 0 bridgehead atoms. The highest BCUT2D eigenvalue weighted by Crippen LogP contribution is 2.37. The molecule has 1 aliphatic rings. The summed E-state index contributed by atoms with van der Waals surface area (Å²) in [7, 11) is 0. The van der Waals surface area contributed by atoms with Gasteiger partial charge in [-0.3, -0.25) is 0 Å². The predicted octanol–water partition coefficient (Wildman–Crippen LogP) is 4.99. The molecule has 0 aliphatic heterocycles. The summed E-state index contributed by atoms with van der Waals surface area (Å²) in [5, 5.41) is 0. The van der Waals surface area contributed by atoms with Crippen molar-refractivity contribution >= 4 is 0 Å². The van der Waals surface area contributed by atoms with E-state index in [0.717, 1.165) is 29.9 Å². The van der Waals surface area contributed by atoms with Crippen molar-refractivity contribution in [2.45, 2.75) is 12.8 Å². The quantitative estimate of drug-likeness (QED) is 0.590. The molecule has 3 aromatic rings. The van der Waals surface area contributed by atoms with Crippen LogP contribution in [0, 0.1) is 0 Å². The number of hydrogen-bond acceptors (Lipinski definition) is 0. The van der Waals surface area contributed by atoms with Gasteiger partial charge >= 0.3 is 11.5 Å². The topological polar surface area (TPSA) is 11.3 Å². The van der Waals surface area contributed by atoms with Gasteiger partial charge in [-0.1, -0.05) is 48.5 Å². The third-order valence-corrected chi connectivity index (χ3v) is 3.92. The Labute approximate surface area is 118 Å². The second-order valence-electron chi connectivity index (χ2n) is 5.16. The van der Waals surface area contributed by atoms with Crippen LogP contribution in [0.3, 0.4) is 0 Å². The zero-order valence-electron chi connectivity index (χ0n) is 11.2. The van der Waals surface area contributed by atoms with E-state index in [4.69, 9.17) is 4.42 Å². The Morgan fingerprint density at radius 3 is 1.95 bits per heavy atom. The maximum Gasteiger partial charge on any atom is 0.360 e. The zero-order chi connectivity index (χ0) is 13.4. The summed E-state index contributed by atoms with van der Waals surface area (Å²) in [4.78, 5) is 0. The minimum atomic E-state index is 0.961. The van der Waals surface area contributed by atoms with Gasteiger partial charge in [-0.25, -0.2) is 4.42 Å². The van der Waals surface area contributed by atoms with Gasteiger partial charge in [0, 0.05) is 5.56 Å². The molecule has 1 heterocycles. The van der Waals surface area contributed by atoms with Crippen LogP contribution < -0.4 is 0 Å². The number of aryl methyl sites for hydroxylation is 1. The molecular weight excluding hydrogens is 244 g/mol. The molecular formula is C19H15O+. The average molecular weight is 259 g/mol. The van der Waals surface area contributed by atoms with Crippen molar-refractivity contribution < 1.29 is 4.42 Å². The zero-order valence-corrected chi connectivity index (χ0v) is 11.2. The summed E-state index contributed by atoms with van der Waals surface area (Å²) in [5.74, 6) is 2.10. The molecule has 0 N–H and O–H groups in total. The van der Waals surface area contributed by atoms with Gasteiger partial charge in [0.1, 0.15) is 0 Å². The lowest BCUT2D eigenvalue weighted by Crippen LogP contribution is -2.10. The van der Waals surface area contributed by atoms with E-state index in [2.05, 4.69) is 48.5 Å². The summed E-state index contributed by atoms with van der Waals surface area (Å²) in [6.07, 6.45) is 2.17. The molecule has 96 valence electrons. The van der Waals surface area contributed by atoms with E-state index in [1.807, 2.05) is 18.2 Å². The van der Waals surface area contributed by atoms with Gasteiger partial charge in [0.15, 0.2) is 0 Å². The van der Waals surface area contributed by atoms with Crippen LogP contribution in [0.4, 0.5) is 0 Å². The van der Waals surface area contributed by atoms with Crippen LogP contribution in [0.5, 0.6) is 0 Å². The lowest BCUT2D eigenvalue weighted by atomic mass is 9.87. The van der Waals surface area contributed by atoms with E-state index >= 15 is 0 Å². The molecule has 0 unspecified atom stereocenters. The maximum atomic E-state index is 6.04. The van der Waals surface area contributed by atoms with Crippen LogP contribution in [-0.4, -0.2) is 0 Å². The largest absolute Gasteiger partial charge is 0.360 e. The van der Waals surface area contributed by atoms with Gasteiger partial charge in [-0.15, -0.1) is 0 Å². The van der Waals surface area contributed by atoms with Crippen LogP contribution in [0.25, 0.3) is 22.5 Å². The summed E-state index contributed by atoms with van der Waals surface area (Å²) in [6, 6.07) is 23.1. The van der Waals surface area contributed by atoms with Gasteiger partial charge in [-0.05, 0) is 24.1 Å². The standard InChI is InChI=1S/C19H15O/c1-3-7-14(8-4-1)17-13-19(15-9-5-2-6-10-15)20-18-12-11-16(17)18/h1-10,13H,11-12H2/q+1. The van der Waals surface area contributed by atoms with E-state index in [9.17, 15) is 0 Å². The first-order valence-corrected chi connectivity index (χ1v) is 7.01. The van der Waals surface area contributed by atoms with Gasteiger partial charge < -0.3 is 0 Å². The van der Waals surface area contributed by atoms with E-state index in [1.54, 1.807) is 0 Å². The molecule has 0 spiro atoms. The molecule has 1 aliphatic carbocycles. The minimum Gasteiger partial charge on any atom is -0.212 e. The summed E-state index contributed by atoms with van der Waals surface area (Å²) >= 11 is 0. The van der Waals surface area contributed by atoms with Crippen molar-refractivity contribution in [2.75, 3.05) is 0 Å². The molecule has 2 aromatic carbocycles. The van der Waals surface area contributed by atoms with E-state index in [1.165, 1.54) is 16.7 Å². The fraction of sp³-hybridized carbons (Fsp3) is 0.105. The Balaban J connectivity index is 1.90. The van der Waals surface area contributed by atoms with Crippen molar-refractivity contribution in [1.82, 2.24) is 0 Å². The third-order valence-electron chi connectivity index (χ3n) is 3.92. The second-order valence-corrected chi connectivity index (χ2v) is 5.16. The van der Waals surface area contributed by atoms with Crippen LogP contribution >= 0.6 is 0 Å². The molecule has 0 atom stereocenters. The first-order valence-electron chi connectivity index (χ1n) is 7.01. The number of rotatable bonds is 2. The van der Waals surface area contributed by atoms with E-state index in [-0.39, 0.29) is 0 Å². The fourth-order valence-corrected chi connectivity index (χ4v) is 2.75. The van der Waals surface area contributed by atoms with Gasteiger partial charge in [0.2, 0.25) is 0 Å². The molecule has 1 aromatic heterocycles. The first kappa shape index (κ1) is 11.4. The van der Waals surface area contributed by atoms with Crippen molar-refractivity contribution in [3.8, 4) is 22.5 Å². The van der Waals surface area contributed by atoms with Gasteiger partial charge in [0.25, 0.3) is 0 Å². The lowest BCUT2D eigenvalue weighted by molar-refractivity contribution is 0.465.